The van der Waals surface area contributed by atoms with Crippen LogP contribution >= 0.6 is 12.4 Å². The number of nitrogens with zero attached hydrogens (tertiary/aromatic N) is 1. The van der Waals surface area contributed by atoms with Crippen molar-refractivity contribution in [2.45, 2.75) is 18.6 Å². The Bertz CT molecular complexity index is 322. The summed E-state index contributed by atoms with van der Waals surface area (Å²) >= 11 is 0. The Morgan fingerprint density at radius 3 is 3.00 bits per heavy atom. The van der Waals surface area contributed by atoms with Crippen LogP contribution in [-0.4, -0.2) is 29.8 Å². The first-order valence-electron chi connectivity index (χ1n) is 4.70. The Morgan fingerprint density at radius 1 is 1.60 bits per heavy atom. The summed E-state index contributed by atoms with van der Waals surface area (Å²) in [7, 11) is 1.63. The van der Waals surface area contributed by atoms with Crippen LogP contribution in [-0.2, 0) is 0 Å². The van der Waals surface area contributed by atoms with Gasteiger partial charge in [-0.05, 0) is 12.5 Å². The summed E-state index contributed by atoms with van der Waals surface area (Å²) in [6.07, 6.45) is 3.92. The third kappa shape index (κ3) is 2.59. The molecule has 5 heteroatoms. The molecular weight excluding hydrogens is 216 g/mol. The quantitative estimate of drug-likeness (QED) is 0.793. The minimum absolute atomic E-state index is 0. The fourth-order valence-electron chi connectivity index (χ4n) is 1.80. The van der Waals surface area contributed by atoms with Crippen LogP contribution in [0.25, 0.3) is 0 Å². The molecule has 1 aromatic heterocycles. The summed E-state index contributed by atoms with van der Waals surface area (Å²) in [5.41, 5.74) is 1.07. The van der Waals surface area contributed by atoms with Crippen LogP contribution < -0.4 is 10.1 Å². The number of β-amino-alcohol motifs (C(OH)–C–C–N with tert-alkyl or cyclic N) is 1. The van der Waals surface area contributed by atoms with Crippen LogP contribution in [0.4, 0.5) is 0 Å². The zero-order valence-corrected chi connectivity index (χ0v) is 9.33. The SMILES string of the molecule is COc1cnccc1C1CC(O)CN1.Cl. The number of aliphatic hydroxyl groups is 1. The van der Waals surface area contributed by atoms with E-state index in [-0.39, 0.29) is 24.6 Å². The first-order chi connectivity index (χ1) is 6.81. The number of pyridine rings is 1. The normalized spacial score (nSPS) is 24.7. The summed E-state index contributed by atoms with van der Waals surface area (Å²) in [6.45, 7) is 0.649. The molecule has 0 bridgehead atoms. The van der Waals surface area contributed by atoms with Crippen LogP contribution in [0.3, 0.4) is 0 Å². The second kappa shape index (κ2) is 5.30. The first kappa shape index (κ1) is 12.2. The van der Waals surface area contributed by atoms with Gasteiger partial charge in [-0.1, -0.05) is 0 Å². The minimum Gasteiger partial charge on any atom is -0.495 e. The molecule has 0 amide bonds. The second-order valence-electron chi connectivity index (χ2n) is 3.47. The Hall–Kier alpha value is -0.840. The van der Waals surface area contributed by atoms with Gasteiger partial charge in [-0.15, -0.1) is 12.4 Å². The minimum atomic E-state index is -0.252. The van der Waals surface area contributed by atoms with E-state index < -0.39 is 0 Å². The molecule has 4 nitrogen and oxygen atoms in total. The van der Waals surface area contributed by atoms with Gasteiger partial charge in [0.2, 0.25) is 0 Å². The topological polar surface area (TPSA) is 54.4 Å². The maximum absolute atomic E-state index is 9.41. The Balaban J connectivity index is 0.00000112. The molecule has 1 saturated heterocycles. The van der Waals surface area contributed by atoms with Gasteiger partial charge in [0.25, 0.3) is 0 Å². The van der Waals surface area contributed by atoms with Gasteiger partial charge < -0.3 is 15.2 Å². The fraction of sp³-hybridized carbons (Fsp3) is 0.500. The van der Waals surface area contributed by atoms with E-state index in [1.807, 2.05) is 6.07 Å². The van der Waals surface area contributed by atoms with Gasteiger partial charge >= 0.3 is 0 Å². The van der Waals surface area contributed by atoms with Crippen molar-refractivity contribution in [2.75, 3.05) is 13.7 Å². The molecule has 0 saturated carbocycles. The zero-order valence-electron chi connectivity index (χ0n) is 8.51. The van der Waals surface area contributed by atoms with E-state index >= 15 is 0 Å². The number of hydrogen-bond donors (Lipinski definition) is 2. The average Bonchev–Trinajstić information content (AvgIpc) is 2.65. The van der Waals surface area contributed by atoms with Crippen molar-refractivity contribution < 1.29 is 9.84 Å². The van der Waals surface area contributed by atoms with Crippen LogP contribution in [0, 0.1) is 0 Å². The van der Waals surface area contributed by atoms with Gasteiger partial charge in [0, 0.05) is 24.3 Å². The van der Waals surface area contributed by atoms with E-state index in [1.54, 1.807) is 19.5 Å². The summed E-state index contributed by atoms with van der Waals surface area (Å²) in [6, 6.07) is 2.11. The summed E-state index contributed by atoms with van der Waals surface area (Å²) in [5, 5.41) is 12.6. The van der Waals surface area contributed by atoms with E-state index in [1.165, 1.54) is 0 Å². The van der Waals surface area contributed by atoms with Crippen molar-refractivity contribution in [3.8, 4) is 5.75 Å². The molecule has 1 fully saturated rings. The molecule has 1 aromatic rings. The third-order valence-corrected chi connectivity index (χ3v) is 2.52. The van der Waals surface area contributed by atoms with E-state index in [0.717, 1.165) is 17.7 Å². The molecule has 84 valence electrons. The molecule has 0 aromatic carbocycles. The molecular formula is C10H15ClN2O2. The van der Waals surface area contributed by atoms with Gasteiger partial charge in [-0.25, -0.2) is 0 Å². The van der Waals surface area contributed by atoms with Gasteiger partial charge in [0.05, 0.1) is 19.4 Å². The van der Waals surface area contributed by atoms with Gasteiger partial charge in [0.15, 0.2) is 0 Å². The molecule has 2 unspecified atom stereocenters. The lowest BCUT2D eigenvalue weighted by Gasteiger charge is -2.13. The maximum atomic E-state index is 9.41. The van der Waals surface area contributed by atoms with Crippen molar-refractivity contribution in [3.05, 3.63) is 24.0 Å². The number of hydrogen-bond acceptors (Lipinski definition) is 4. The summed E-state index contributed by atoms with van der Waals surface area (Å²) in [4.78, 5) is 3.99. The number of methoxy groups -OCH3 is 1. The number of ether oxygens (including phenoxy) is 1. The highest BCUT2D eigenvalue weighted by molar-refractivity contribution is 5.85. The second-order valence-corrected chi connectivity index (χ2v) is 3.47. The van der Waals surface area contributed by atoms with Gasteiger partial charge in [-0.3, -0.25) is 4.98 Å². The Labute approximate surface area is 95.1 Å². The molecule has 15 heavy (non-hydrogen) atoms. The van der Waals surface area contributed by atoms with Gasteiger partial charge in [0.1, 0.15) is 5.75 Å². The Morgan fingerprint density at radius 2 is 2.40 bits per heavy atom. The highest BCUT2D eigenvalue weighted by Gasteiger charge is 2.25. The molecule has 2 rings (SSSR count). The van der Waals surface area contributed by atoms with Crippen molar-refractivity contribution in [1.29, 1.82) is 0 Å². The van der Waals surface area contributed by atoms with Crippen LogP contribution in [0.5, 0.6) is 5.75 Å². The summed E-state index contributed by atoms with van der Waals surface area (Å²) < 4.78 is 5.21. The first-order valence-corrected chi connectivity index (χ1v) is 4.70. The molecule has 1 aliphatic rings. The molecule has 1 aliphatic heterocycles. The van der Waals surface area contributed by atoms with E-state index in [0.29, 0.717) is 6.54 Å². The summed E-state index contributed by atoms with van der Waals surface area (Å²) in [5.74, 6) is 0.777. The predicted octanol–water partition coefficient (Wildman–Crippen LogP) is 0.907. The van der Waals surface area contributed by atoms with E-state index in [4.69, 9.17) is 4.74 Å². The monoisotopic (exact) mass is 230 g/mol. The predicted molar refractivity (Wildman–Crippen MR) is 59.4 cm³/mol. The van der Waals surface area contributed by atoms with Crippen molar-refractivity contribution in [1.82, 2.24) is 10.3 Å². The molecule has 2 atom stereocenters. The Kier molecular flexibility index (Phi) is 4.32. The van der Waals surface area contributed by atoms with Crippen LogP contribution in [0.2, 0.25) is 0 Å². The lowest BCUT2D eigenvalue weighted by Crippen LogP contribution is -2.15. The molecule has 2 N–H and O–H groups in total. The zero-order chi connectivity index (χ0) is 9.97. The number of halogens is 1. The highest BCUT2D eigenvalue weighted by atomic mass is 35.5. The number of nitrogens with one attached hydrogen (secondary N) is 1. The lowest BCUT2D eigenvalue weighted by atomic mass is 10.1. The van der Waals surface area contributed by atoms with Gasteiger partial charge in [-0.2, -0.15) is 0 Å². The molecule has 0 radical (unpaired) electrons. The fourth-order valence-corrected chi connectivity index (χ4v) is 1.80. The smallest absolute Gasteiger partial charge is 0.141 e. The van der Waals surface area contributed by atoms with Crippen molar-refractivity contribution in [2.24, 2.45) is 0 Å². The van der Waals surface area contributed by atoms with Crippen LogP contribution in [0.1, 0.15) is 18.0 Å². The van der Waals surface area contributed by atoms with E-state index in [2.05, 4.69) is 10.3 Å². The van der Waals surface area contributed by atoms with Crippen molar-refractivity contribution in [3.63, 3.8) is 0 Å². The largest absolute Gasteiger partial charge is 0.495 e. The number of aromatic nitrogens is 1. The van der Waals surface area contributed by atoms with Crippen molar-refractivity contribution >= 4 is 12.4 Å². The van der Waals surface area contributed by atoms with E-state index in [9.17, 15) is 5.11 Å². The highest BCUT2D eigenvalue weighted by Crippen LogP contribution is 2.29. The lowest BCUT2D eigenvalue weighted by molar-refractivity contribution is 0.193. The van der Waals surface area contributed by atoms with Crippen LogP contribution in [0.15, 0.2) is 18.5 Å². The molecule has 0 aliphatic carbocycles. The maximum Gasteiger partial charge on any atom is 0.141 e. The average molecular weight is 231 g/mol. The number of aliphatic hydroxyl groups excluding tert-OH is 1. The third-order valence-electron chi connectivity index (χ3n) is 2.52. The molecule has 2 heterocycles. The molecule has 0 spiro atoms. The number of rotatable bonds is 2. The standard InChI is InChI=1S/C10H14N2O2.ClH/c1-14-10-6-11-3-2-8(10)9-4-7(13)5-12-9;/h2-3,6-7,9,12-13H,4-5H2,1H3;1H.